The SMILES string of the molecule is N#Cc1ccsc1NC(=O)COC(=O)[C@@H](Sc1ccccc1)c1ccccc1. The first kappa shape index (κ1) is 19.7. The van der Waals surface area contributed by atoms with Crippen molar-refractivity contribution in [2.45, 2.75) is 10.1 Å². The van der Waals surface area contributed by atoms with Crippen LogP contribution in [0.5, 0.6) is 0 Å². The van der Waals surface area contributed by atoms with Crippen molar-refractivity contribution in [1.29, 1.82) is 5.26 Å². The predicted octanol–water partition coefficient (Wildman–Crippen LogP) is 4.64. The monoisotopic (exact) mass is 408 g/mol. The first-order valence-corrected chi connectivity index (χ1v) is 10.1. The van der Waals surface area contributed by atoms with Gasteiger partial charge in [0.05, 0.1) is 5.56 Å². The van der Waals surface area contributed by atoms with Crippen LogP contribution in [-0.2, 0) is 14.3 Å². The zero-order valence-corrected chi connectivity index (χ0v) is 16.3. The number of rotatable bonds is 7. The Hall–Kier alpha value is -3.08. The van der Waals surface area contributed by atoms with Gasteiger partial charge in [-0.1, -0.05) is 48.5 Å². The van der Waals surface area contributed by atoms with E-state index in [2.05, 4.69) is 5.32 Å². The summed E-state index contributed by atoms with van der Waals surface area (Å²) >= 11 is 2.61. The normalized spacial score (nSPS) is 11.2. The maximum absolute atomic E-state index is 12.7. The number of thioether (sulfide) groups is 1. The first-order valence-electron chi connectivity index (χ1n) is 8.38. The van der Waals surface area contributed by atoms with E-state index in [-0.39, 0.29) is 0 Å². The summed E-state index contributed by atoms with van der Waals surface area (Å²) in [7, 11) is 0. The summed E-state index contributed by atoms with van der Waals surface area (Å²) in [5.41, 5.74) is 1.18. The molecule has 3 aromatic rings. The highest BCUT2D eigenvalue weighted by Gasteiger charge is 2.24. The van der Waals surface area contributed by atoms with Crippen LogP contribution in [0.4, 0.5) is 5.00 Å². The fourth-order valence-electron chi connectivity index (χ4n) is 2.38. The van der Waals surface area contributed by atoms with Crippen LogP contribution in [0.2, 0.25) is 0 Å². The lowest BCUT2D eigenvalue weighted by molar-refractivity contribution is -0.146. The maximum atomic E-state index is 12.7. The number of hydrogen-bond acceptors (Lipinski definition) is 6. The molecule has 5 nitrogen and oxygen atoms in total. The van der Waals surface area contributed by atoms with E-state index in [1.165, 1.54) is 23.1 Å². The van der Waals surface area contributed by atoms with Crippen molar-refractivity contribution in [2.75, 3.05) is 11.9 Å². The van der Waals surface area contributed by atoms with Crippen LogP contribution < -0.4 is 5.32 Å². The van der Waals surface area contributed by atoms with Crippen LogP contribution in [0, 0.1) is 11.3 Å². The number of carbonyl (C=O) groups is 2. The molecule has 28 heavy (non-hydrogen) atoms. The lowest BCUT2D eigenvalue weighted by Crippen LogP contribution is -2.23. The molecule has 0 aliphatic rings. The minimum Gasteiger partial charge on any atom is -0.454 e. The standard InChI is InChI=1S/C21H16N2O3S2/c22-13-16-11-12-27-20(16)23-18(24)14-26-21(25)19(15-7-3-1-4-8-15)28-17-9-5-2-6-10-17/h1-12,19H,14H2,(H,23,24)/t19-/m0/s1. The highest BCUT2D eigenvalue weighted by atomic mass is 32.2. The third-order valence-electron chi connectivity index (χ3n) is 3.70. The van der Waals surface area contributed by atoms with Gasteiger partial charge in [0.25, 0.3) is 5.91 Å². The van der Waals surface area contributed by atoms with E-state index in [0.29, 0.717) is 10.6 Å². The highest BCUT2D eigenvalue weighted by Crippen LogP contribution is 2.36. The molecular weight excluding hydrogens is 392 g/mol. The summed E-state index contributed by atoms with van der Waals surface area (Å²) in [5, 5.41) is 13.2. The molecule has 0 radical (unpaired) electrons. The number of nitriles is 1. The summed E-state index contributed by atoms with van der Waals surface area (Å²) in [6.45, 7) is -0.416. The van der Waals surface area contributed by atoms with E-state index in [4.69, 9.17) is 10.00 Å². The molecule has 1 amide bonds. The number of thiophene rings is 1. The van der Waals surface area contributed by atoms with Crippen molar-refractivity contribution in [2.24, 2.45) is 0 Å². The van der Waals surface area contributed by atoms with Crippen LogP contribution in [-0.4, -0.2) is 18.5 Å². The van der Waals surface area contributed by atoms with Crippen molar-refractivity contribution in [1.82, 2.24) is 0 Å². The van der Waals surface area contributed by atoms with Crippen molar-refractivity contribution in [3.8, 4) is 6.07 Å². The molecule has 3 rings (SSSR count). The molecule has 0 bridgehead atoms. The van der Waals surface area contributed by atoms with E-state index in [9.17, 15) is 9.59 Å². The molecule has 1 atom stereocenters. The molecule has 1 heterocycles. The van der Waals surface area contributed by atoms with Gasteiger partial charge in [-0.15, -0.1) is 23.1 Å². The molecule has 0 spiro atoms. The first-order chi connectivity index (χ1) is 13.7. The number of hydrogen-bond donors (Lipinski definition) is 1. The Balaban J connectivity index is 1.66. The second-order valence-corrected chi connectivity index (χ2v) is 7.75. The van der Waals surface area contributed by atoms with Gasteiger partial charge in [-0.2, -0.15) is 5.26 Å². The van der Waals surface area contributed by atoms with Gasteiger partial charge in [-0.05, 0) is 29.1 Å². The van der Waals surface area contributed by atoms with Crippen molar-refractivity contribution < 1.29 is 14.3 Å². The number of anilines is 1. The van der Waals surface area contributed by atoms with Crippen LogP contribution in [0.15, 0.2) is 77.0 Å². The molecule has 2 aromatic carbocycles. The fraction of sp³-hybridized carbons (Fsp3) is 0.0952. The van der Waals surface area contributed by atoms with Crippen molar-refractivity contribution in [3.63, 3.8) is 0 Å². The van der Waals surface area contributed by atoms with E-state index < -0.39 is 23.7 Å². The summed E-state index contributed by atoms with van der Waals surface area (Å²) in [4.78, 5) is 25.7. The minimum atomic E-state index is -0.590. The number of nitrogens with one attached hydrogen (secondary N) is 1. The Morgan fingerprint density at radius 3 is 2.43 bits per heavy atom. The topological polar surface area (TPSA) is 79.2 Å². The molecule has 0 saturated heterocycles. The third kappa shape index (κ3) is 5.22. The molecule has 0 aliphatic carbocycles. The molecule has 140 valence electrons. The number of benzene rings is 2. The molecule has 1 N–H and O–H groups in total. The lowest BCUT2D eigenvalue weighted by atomic mass is 10.1. The van der Waals surface area contributed by atoms with Gasteiger partial charge in [-0.25, -0.2) is 0 Å². The molecule has 0 aliphatic heterocycles. The van der Waals surface area contributed by atoms with E-state index >= 15 is 0 Å². The average Bonchev–Trinajstić information content (AvgIpc) is 3.18. The van der Waals surface area contributed by atoms with Gasteiger partial charge in [0, 0.05) is 4.90 Å². The second kappa shape index (κ2) is 9.74. The third-order valence-corrected chi connectivity index (χ3v) is 5.77. The quantitative estimate of drug-likeness (QED) is 0.455. The Morgan fingerprint density at radius 2 is 1.75 bits per heavy atom. The summed E-state index contributed by atoms with van der Waals surface area (Å²) in [6.07, 6.45) is 0. The van der Waals surface area contributed by atoms with Crippen LogP contribution in [0.25, 0.3) is 0 Å². The maximum Gasteiger partial charge on any atom is 0.324 e. The molecular formula is C21H16N2O3S2. The highest BCUT2D eigenvalue weighted by molar-refractivity contribution is 8.00. The van der Waals surface area contributed by atoms with E-state index in [1.807, 2.05) is 66.7 Å². The number of ether oxygens (including phenoxy) is 1. The Kier molecular flexibility index (Phi) is 6.84. The van der Waals surface area contributed by atoms with Crippen LogP contribution in [0.1, 0.15) is 16.4 Å². The fourth-order valence-corrected chi connectivity index (χ4v) is 4.18. The van der Waals surface area contributed by atoms with Gasteiger partial charge in [0.2, 0.25) is 0 Å². The van der Waals surface area contributed by atoms with Gasteiger partial charge >= 0.3 is 5.97 Å². The van der Waals surface area contributed by atoms with Crippen molar-refractivity contribution >= 4 is 40.0 Å². The van der Waals surface area contributed by atoms with Gasteiger partial charge in [0.1, 0.15) is 16.3 Å². The lowest BCUT2D eigenvalue weighted by Gasteiger charge is -2.16. The zero-order chi connectivity index (χ0) is 19.8. The van der Waals surface area contributed by atoms with Gasteiger partial charge in [0.15, 0.2) is 6.61 Å². The van der Waals surface area contributed by atoms with Crippen LogP contribution >= 0.6 is 23.1 Å². The molecule has 1 aromatic heterocycles. The van der Waals surface area contributed by atoms with Crippen molar-refractivity contribution in [3.05, 3.63) is 83.2 Å². The minimum absolute atomic E-state index is 0.381. The number of nitrogens with zero attached hydrogens (tertiary/aromatic N) is 1. The molecule has 0 saturated carbocycles. The second-order valence-electron chi connectivity index (χ2n) is 5.65. The van der Waals surface area contributed by atoms with E-state index in [0.717, 1.165) is 10.5 Å². The zero-order valence-electron chi connectivity index (χ0n) is 14.7. The Morgan fingerprint density at radius 1 is 1.07 bits per heavy atom. The van der Waals surface area contributed by atoms with Gasteiger partial charge < -0.3 is 10.1 Å². The van der Waals surface area contributed by atoms with Gasteiger partial charge in [-0.3, -0.25) is 9.59 Å². The number of amides is 1. The Labute approximate surface area is 171 Å². The summed E-state index contributed by atoms with van der Waals surface area (Å²) in [6, 6.07) is 22.5. The summed E-state index contributed by atoms with van der Waals surface area (Å²) < 4.78 is 5.26. The predicted molar refractivity (Wildman–Crippen MR) is 110 cm³/mol. The summed E-state index contributed by atoms with van der Waals surface area (Å²) in [5.74, 6) is -0.981. The number of carbonyl (C=O) groups excluding carboxylic acids is 2. The number of esters is 1. The smallest absolute Gasteiger partial charge is 0.324 e. The largest absolute Gasteiger partial charge is 0.454 e. The van der Waals surface area contributed by atoms with E-state index in [1.54, 1.807) is 11.4 Å². The molecule has 0 unspecified atom stereocenters. The van der Waals surface area contributed by atoms with Crippen LogP contribution in [0.3, 0.4) is 0 Å². The molecule has 0 fully saturated rings. The average molecular weight is 409 g/mol. The molecule has 7 heteroatoms. The Bertz CT molecular complexity index is 982.